The molecular weight excluding hydrogens is 486 g/mol. The van der Waals surface area contributed by atoms with E-state index in [1.165, 1.54) is 55.5 Å². The minimum Gasteiger partial charge on any atom is -0.486 e. The monoisotopic (exact) mass is 507 g/mol. The summed E-state index contributed by atoms with van der Waals surface area (Å²) in [6, 6.07) is 18.2. The fourth-order valence-electron chi connectivity index (χ4n) is 3.27. The van der Waals surface area contributed by atoms with Gasteiger partial charge in [-0.1, -0.05) is 6.07 Å². The SMILES string of the molecule is CC(OC(=O)c1ccc(NS(=O)(=O)c2ccc3c(c2)OCCO3)cc1)C(=O)Nc1cccc(C#N)c1. The van der Waals surface area contributed by atoms with Crippen molar-refractivity contribution in [2.75, 3.05) is 23.3 Å². The maximum Gasteiger partial charge on any atom is 0.338 e. The molecule has 0 fully saturated rings. The van der Waals surface area contributed by atoms with Crippen LogP contribution in [0.5, 0.6) is 11.5 Å². The third-order valence-corrected chi connectivity index (χ3v) is 6.49. The smallest absolute Gasteiger partial charge is 0.338 e. The second-order valence-electron chi connectivity index (χ2n) is 7.72. The van der Waals surface area contributed by atoms with Crippen LogP contribution in [0.1, 0.15) is 22.8 Å². The molecule has 10 nitrogen and oxygen atoms in total. The predicted octanol–water partition coefficient (Wildman–Crippen LogP) is 3.31. The van der Waals surface area contributed by atoms with Crippen molar-refractivity contribution in [1.29, 1.82) is 5.26 Å². The number of rotatable bonds is 7. The van der Waals surface area contributed by atoms with Gasteiger partial charge in [-0.2, -0.15) is 5.26 Å². The van der Waals surface area contributed by atoms with Crippen LogP contribution in [0.25, 0.3) is 0 Å². The number of carbonyl (C=O) groups excluding carboxylic acids is 2. The van der Waals surface area contributed by atoms with E-state index in [0.29, 0.717) is 36.0 Å². The summed E-state index contributed by atoms with van der Waals surface area (Å²) in [6.45, 7) is 2.14. The molecule has 3 aromatic carbocycles. The Kier molecular flexibility index (Phi) is 7.07. The molecule has 4 rings (SSSR count). The molecule has 3 aromatic rings. The molecule has 0 radical (unpaired) electrons. The Bertz CT molecular complexity index is 1450. The number of nitrogens with zero attached hydrogens (tertiary/aromatic N) is 1. The summed E-state index contributed by atoms with van der Waals surface area (Å²) in [5.41, 5.74) is 1.13. The highest BCUT2D eigenvalue weighted by molar-refractivity contribution is 7.92. The average molecular weight is 508 g/mol. The van der Waals surface area contributed by atoms with Gasteiger partial charge in [0.15, 0.2) is 17.6 Å². The number of benzene rings is 3. The van der Waals surface area contributed by atoms with E-state index in [4.69, 9.17) is 19.5 Å². The molecule has 1 amide bonds. The summed E-state index contributed by atoms with van der Waals surface area (Å²) >= 11 is 0. The summed E-state index contributed by atoms with van der Waals surface area (Å²) in [4.78, 5) is 24.8. The van der Waals surface area contributed by atoms with Crippen molar-refractivity contribution in [2.45, 2.75) is 17.9 Å². The topological polar surface area (TPSA) is 144 Å². The van der Waals surface area contributed by atoms with Crippen LogP contribution in [0, 0.1) is 11.3 Å². The second kappa shape index (κ2) is 10.4. The minimum atomic E-state index is -3.92. The maximum absolute atomic E-state index is 12.8. The molecule has 1 atom stereocenters. The normalized spacial score (nSPS) is 13.1. The Morgan fingerprint density at radius 3 is 2.42 bits per heavy atom. The number of nitriles is 1. The third-order valence-electron chi connectivity index (χ3n) is 5.11. The van der Waals surface area contributed by atoms with Crippen molar-refractivity contribution in [1.82, 2.24) is 0 Å². The van der Waals surface area contributed by atoms with Gasteiger partial charge >= 0.3 is 5.97 Å². The first-order valence-electron chi connectivity index (χ1n) is 10.8. The van der Waals surface area contributed by atoms with Gasteiger partial charge in [0.1, 0.15) is 13.2 Å². The largest absolute Gasteiger partial charge is 0.486 e. The highest BCUT2D eigenvalue weighted by Crippen LogP contribution is 2.32. The number of hydrogen-bond donors (Lipinski definition) is 2. The van der Waals surface area contributed by atoms with Crippen LogP contribution in [0.4, 0.5) is 11.4 Å². The van der Waals surface area contributed by atoms with E-state index in [1.807, 2.05) is 6.07 Å². The van der Waals surface area contributed by atoms with Crippen LogP contribution >= 0.6 is 0 Å². The molecule has 1 aliphatic heterocycles. The van der Waals surface area contributed by atoms with Crippen LogP contribution < -0.4 is 19.5 Å². The van der Waals surface area contributed by atoms with E-state index in [9.17, 15) is 18.0 Å². The lowest BCUT2D eigenvalue weighted by Crippen LogP contribution is -2.30. The Balaban J connectivity index is 1.37. The van der Waals surface area contributed by atoms with Crippen molar-refractivity contribution < 1.29 is 32.2 Å². The first kappa shape index (κ1) is 24.6. The van der Waals surface area contributed by atoms with E-state index in [2.05, 4.69) is 10.0 Å². The number of hydrogen-bond acceptors (Lipinski definition) is 8. The van der Waals surface area contributed by atoms with Gasteiger partial charge in [0.05, 0.1) is 22.1 Å². The molecule has 1 heterocycles. The molecular formula is C25H21N3O7S. The molecule has 184 valence electrons. The van der Waals surface area contributed by atoms with Crippen LogP contribution in [0.2, 0.25) is 0 Å². The molecule has 0 saturated heterocycles. The number of nitrogens with one attached hydrogen (secondary N) is 2. The quantitative estimate of drug-likeness (QED) is 0.464. The van der Waals surface area contributed by atoms with Gasteiger partial charge in [-0.3, -0.25) is 9.52 Å². The van der Waals surface area contributed by atoms with Gasteiger partial charge in [-0.05, 0) is 61.5 Å². The zero-order chi connectivity index (χ0) is 25.7. The number of fused-ring (bicyclic) bond motifs is 1. The first-order chi connectivity index (χ1) is 17.2. The lowest BCUT2D eigenvalue weighted by Gasteiger charge is -2.19. The van der Waals surface area contributed by atoms with Crippen molar-refractivity contribution in [3.8, 4) is 17.6 Å². The Labute approximate surface area is 207 Å². The summed E-state index contributed by atoms with van der Waals surface area (Å²) < 4.78 is 44.0. The molecule has 1 aliphatic rings. The zero-order valence-corrected chi connectivity index (χ0v) is 19.9. The van der Waals surface area contributed by atoms with Crippen molar-refractivity contribution >= 4 is 33.3 Å². The van der Waals surface area contributed by atoms with Crippen molar-refractivity contribution in [3.63, 3.8) is 0 Å². The van der Waals surface area contributed by atoms with Crippen molar-refractivity contribution in [2.24, 2.45) is 0 Å². The van der Waals surface area contributed by atoms with E-state index < -0.39 is 28.0 Å². The van der Waals surface area contributed by atoms with Gasteiger partial charge in [0, 0.05) is 17.4 Å². The second-order valence-corrected chi connectivity index (χ2v) is 9.40. The molecule has 0 saturated carbocycles. The summed E-state index contributed by atoms with van der Waals surface area (Å²) in [6.07, 6.45) is -1.11. The van der Waals surface area contributed by atoms with Crippen LogP contribution in [-0.4, -0.2) is 39.6 Å². The first-order valence-corrected chi connectivity index (χ1v) is 12.3. The Morgan fingerprint density at radius 2 is 1.69 bits per heavy atom. The zero-order valence-electron chi connectivity index (χ0n) is 19.1. The number of sulfonamides is 1. The fraction of sp³-hybridized carbons (Fsp3) is 0.160. The Morgan fingerprint density at radius 1 is 0.972 bits per heavy atom. The van der Waals surface area contributed by atoms with E-state index in [0.717, 1.165) is 0 Å². The summed E-state index contributed by atoms with van der Waals surface area (Å²) in [7, 11) is -3.92. The molecule has 0 aliphatic carbocycles. The molecule has 2 N–H and O–H groups in total. The predicted molar refractivity (Wildman–Crippen MR) is 129 cm³/mol. The molecule has 36 heavy (non-hydrogen) atoms. The van der Waals surface area contributed by atoms with E-state index in [-0.39, 0.29) is 16.1 Å². The van der Waals surface area contributed by atoms with Crippen LogP contribution in [0.15, 0.2) is 71.6 Å². The molecule has 0 aromatic heterocycles. The number of carbonyl (C=O) groups is 2. The van der Waals surface area contributed by atoms with Crippen LogP contribution in [0.3, 0.4) is 0 Å². The number of anilines is 2. The molecule has 1 unspecified atom stereocenters. The summed E-state index contributed by atoms with van der Waals surface area (Å²) in [5, 5.41) is 11.5. The lowest BCUT2D eigenvalue weighted by molar-refractivity contribution is -0.123. The van der Waals surface area contributed by atoms with Gasteiger partial charge in [-0.25, -0.2) is 13.2 Å². The summed E-state index contributed by atoms with van der Waals surface area (Å²) in [5.74, 6) is -0.508. The van der Waals surface area contributed by atoms with Gasteiger partial charge in [-0.15, -0.1) is 0 Å². The third kappa shape index (κ3) is 5.73. The molecule has 0 bridgehead atoms. The van der Waals surface area contributed by atoms with Gasteiger partial charge in [0.2, 0.25) is 0 Å². The minimum absolute atomic E-state index is 0.00428. The average Bonchev–Trinajstić information content (AvgIpc) is 2.88. The number of esters is 1. The highest BCUT2D eigenvalue weighted by Gasteiger charge is 2.21. The van der Waals surface area contributed by atoms with Gasteiger partial charge < -0.3 is 19.5 Å². The Hall–Kier alpha value is -4.56. The molecule has 11 heteroatoms. The maximum atomic E-state index is 12.8. The van der Waals surface area contributed by atoms with Crippen molar-refractivity contribution in [3.05, 3.63) is 77.9 Å². The number of amides is 1. The van der Waals surface area contributed by atoms with E-state index >= 15 is 0 Å². The molecule has 0 spiro atoms. The highest BCUT2D eigenvalue weighted by atomic mass is 32.2. The fourth-order valence-corrected chi connectivity index (χ4v) is 4.35. The van der Waals surface area contributed by atoms with E-state index in [1.54, 1.807) is 18.2 Å². The standard InChI is InChI=1S/C25H21N3O7S/c1-16(24(29)27-20-4-2-3-17(13-20)15-26)35-25(30)18-5-7-19(8-6-18)28-36(31,32)21-9-10-22-23(14-21)34-12-11-33-22/h2-10,13-14,16,28H,11-12H2,1H3,(H,27,29). The van der Waals surface area contributed by atoms with Gasteiger partial charge in [0.25, 0.3) is 15.9 Å². The van der Waals surface area contributed by atoms with Crippen LogP contribution in [-0.2, 0) is 19.6 Å². The lowest BCUT2D eigenvalue weighted by atomic mass is 10.2. The number of ether oxygens (including phenoxy) is 3.